The summed E-state index contributed by atoms with van der Waals surface area (Å²) >= 11 is 0. The predicted octanol–water partition coefficient (Wildman–Crippen LogP) is 0.559. The molecule has 5 nitrogen and oxygen atoms in total. The molecular weight excluding hydrogens is 170 g/mol. The van der Waals surface area contributed by atoms with E-state index in [9.17, 15) is 4.79 Å². The summed E-state index contributed by atoms with van der Waals surface area (Å²) in [7, 11) is 0. The first-order chi connectivity index (χ1) is 6.20. The lowest BCUT2D eigenvalue weighted by molar-refractivity contribution is -0.121. The van der Waals surface area contributed by atoms with Crippen LogP contribution in [0.15, 0.2) is 5.16 Å². The lowest BCUT2D eigenvalue weighted by Gasteiger charge is -2.00. The van der Waals surface area contributed by atoms with Gasteiger partial charge in [-0.3, -0.25) is 10.2 Å². The fourth-order valence-corrected chi connectivity index (χ4v) is 0.659. The number of carbonyl (C=O) groups is 1. The summed E-state index contributed by atoms with van der Waals surface area (Å²) in [4.78, 5) is 15.6. The van der Waals surface area contributed by atoms with Gasteiger partial charge in [-0.15, -0.1) is 0 Å². The number of hydrogen-bond acceptors (Lipinski definition) is 4. The molecule has 0 rings (SSSR count). The van der Waals surface area contributed by atoms with Crippen molar-refractivity contribution in [3.8, 4) is 0 Å². The highest BCUT2D eigenvalue weighted by Gasteiger charge is 1.99. The van der Waals surface area contributed by atoms with Crippen LogP contribution in [0.25, 0.3) is 0 Å². The Morgan fingerprint density at radius 3 is 2.77 bits per heavy atom. The number of oxime groups is 1. The highest BCUT2D eigenvalue weighted by atomic mass is 16.6. The molecule has 5 heteroatoms. The monoisotopic (exact) mass is 187 g/mol. The zero-order valence-electron chi connectivity index (χ0n) is 8.17. The van der Waals surface area contributed by atoms with Crippen LogP contribution in [0.1, 0.15) is 33.1 Å². The molecular formula is C8H17N3O2. The number of nitrogens with one attached hydrogen (secondary N) is 1. The molecule has 0 bridgehead atoms. The summed E-state index contributed by atoms with van der Waals surface area (Å²) in [5.41, 5.74) is 2.86. The lowest BCUT2D eigenvalue weighted by atomic mass is 10.2. The number of hydrogen-bond donors (Lipinski definition) is 2. The van der Waals surface area contributed by atoms with Crippen molar-refractivity contribution in [3.05, 3.63) is 0 Å². The molecule has 0 atom stereocenters. The largest absolute Gasteiger partial charge is 0.396 e. The minimum absolute atomic E-state index is 0.190. The Balaban J connectivity index is 3.54. The molecule has 76 valence electrons. The van der Waals surface area contributed by atoms with E-state index in [1.165, 1.54) is 0 Å². The number of amides is 1. The zero-order valence-corrected chi connectivity index (χ0v) is 8.17. The van der Waals surface area contributed by atoms with Crippen LogP contribution in [-0.4, -0.2) is 18.2 Å². The second-order valence-electron chi connectivity index (χ2n) is 2.73. The topological polar surface area (TPSA) is 76.7 Å². The molecule has 0 radical (unpaired) electrons. The maximum atomic E-state index is 10.7. The van der Waals surface area contributed by atoms with Gasteiger partial charge in [0.2, 0.25) is 5.91 Å². The molecule has 0 aliphatic rings. The Labute approximate surface area is 78.3 Å². The van der Waals surface area contributed by atoms with E-state index in [-0.39, 0.29) is 5.91 Å². The molecule has 0 unspecified atom stereocenters. The summed E-state index contributed by atoms with van der Waals surface area (Å²) in [5.74, 6) is 4.72. The molecule has 0 fully saturated rings. The van der Waals surface area contributed by atoms with Crippen molar-refractivity contribution in [3.63, 3.8) is 0 Å². The van der Waals surface area contributed by atoms with Gasteiger partial charge in [-0.05, 0) is 19.8 Å². The van der Waals surface area contributed by atoms with E-state index in [4.69, 9.17) is 10.7 Å². The highest BCUT2D eigenvalue weighted by Crippen LogP contribution is 1.94. The molecule has 3 N–H and O–H groups in total. The first kappa shape index (κ1) is 11.9. The third-order valence-corrected chi connectivity index (χ3v) is 1.39. The summed E-state index contributed by atoms with van der Waals surface area (Å²) in [5, 5.41) is 3.82. The molecule has 0 aromatic rings. The van der Waals surface area contributed by atoms with Crippen molar-refractivity contribution in [1.29, 1.82) is 0 Å². The van der Waals surface area contributed by atoms with Crippen molar-refractivity contribution in [2.45, 2.75) is 33.1 Å². The van der Waals surface area contributed by atoms with Crippen LogP contribution in [0.2, 0.25) is 0 Å². The van der Waals surface area contributed by atoms with Gasteiger partial charge in [0.25, 0.3) is 0 Å². The van der Waals surface area contributed by atoms with Crippen molar-refractivity contribution in [2.24, 2.45) is 11.0 Å². The Hall–Kier alpha value is -1.10. The van der Waals surface area contributed by atoms with Crippen molar-refractivity contribution in [2.75, 3.05) is 6.61 Å². The first-order valence-corrected chi connectivity index (χ1v) is 4.35. The lowest BCUT2D eigenvalue weighted by Crippen LogP contribution is -2.30. The van der Waals surface area contributed by atoms with E-state index in [0.29, 0.717) is 19.4 Å². The molecule has 13 heavy (non-hydrogen) atoms. The highest BCUT2D eigenvalue weighted by molar-refractivity contribution is 5.86. The zero-order chi connectivity index (χ0) is 10.1. The molecule has 1 amide bonds. The average Bonchev–Trinajstić information content (AvgIpc) is 2.14. The third kappa shape index (κ3) is 7.27. The summed E-state index contributed by atoms with van der Waals surface area (Å²) in [6.45, 7) is 4.44. The van der Waals surface area contributed by atoms with Gasteiger partial charge in [-0.2, -0.15) is 0 Å². The van der Waals surface area contributed by atoms with Crippen molar-refractivity contribution < 1.29 is 9.63 Å². The minimum atomic E-state index is -0.190. The predicted molar refractivity (Wildman–Crippen MR) is 50.9 cm³/mol. The maximum absolute atomic E-state index is 10.7. The molecule has 0 spiro atoms. The molecule has 0 aliphatic carbocycles. The smallest absolute Gasteiger partial charge is 0.234 e. The molecule has 0 aromatic carbocycles. The van der Waals surface area contributed by atoms with Crippen LogP contribution in [0.3, 0.4) is 0 Å². The standard InChI is InChI=1S/C8H17N3O2/c1-3-6-13-11-7(2)4-5-8(12)10-9/h3-6,9H2,1-2H3,(H,10,12)/b11-7-. The summed E-state index contributed by atoms with van der Waals surface area (Å²) < 4.78 is 0. The Morgan fingerprint density at radius 2 is 2.23 bits per heavy atom. The molecule has 0 heterocycles. The van der Waals surface area contributed by atoms with Crippen molar-refractivity contribution >= 4 is 11.6 Å². The van der Waals surface area contributed by atoms with E-state index in [2.05, 4.69) is 10.6 Å². The summed E-state index contributed by atoms with van der Waals surface area (Å²) in [6.07, 6.45) is 1.86. The van der Waals surface area contributed by atoms with E-state index < -0.39 is 0 Å². The average molecular weight is 187 g/mol. The van der Waals surface area contributed by atoms with Gasteiger partial charge in [-0.25, -0.2) is 5.84 Å². The number of nitrogens with two attached hydrogens (primary N) is 1. The van der Waals surface area contributed by atoms with Gasteiger partial charge in [-0.1, -0.05) is 12.1 Å². The first-order valence-electron chi connectivity index (χ1n) is 4.35. The number of rotatable bonds is 6. The van der Waals surface area contributed by atoms with Gasteiger partial charge in [0.1, 0.15) is 6.61 Å². The van der Waals surface area contributed by atoms with Crippen LogP contribution < -0.4 is 11.3 Å². The Kier molecular flexibility index (Phi) is 6.91. The van der Waals surface area contributed by atoms with E-state index in [1.54, 1.807) is 0 Å². The van der Waals surface area contributed by atoms with Gasteiger partial charge < -0.3 is 4.84 Å². The van der Waals surface area contributed by atoms with Gasteiger partial charge in [0, 0.05) is 6.42 Å². The van der Waals surface area contributed by atoms with Gasteiger partial charge >= 0.3 is 0 Å². The minimum Gasteiger partial charge on any atom is -0.396 e. The third-order valence-electron chi connectivity index (χ3n) is 1.39. The van der Waals surface area contributed by atoms with Crippen LogP contribution >= 0.6 is 0 Å². The molecule has 0 aromatic heterocycles. The fourth-order valence-electron chi connectivity index (χ4n) is 0.659. The van der Waals surface area contributed by atoms with E-state index in [0.717, 1.165) is 12.1 Å². The van der Waals surface area contributed by atoms with Crippen LogP contribution in [-0.2, 0) is 9.63 Å². The molecule has 0 aliphatic heterocycles. The van der Waals surface area contributed by atoms with Gasteiger partial charge in [0.15, 0.2) is 0 Å². The number of carbonyl (C=O) groups excluding carboxylic acids is 1. The Morgan fingerprint density at radius 1 is 1.54 bits per heavy atom. The van der Waals surface area contributed by atoms with Crippen LogP contribution in [0, 0.1) is 0 Å². The number of hydrazine groups is 1. The van der Waals surface area contributed by atoms with Crippen LogP contribution in [0.4, 0.5) is 0 Å². The molecule has 0 saturated heterocycles. The maximum Gasteiger partial charge on any atom is 0.234 e. The normalized spacial score (nSPS) is 11.2. The summed E-state index contributed by atoms with van der Waals surface area (Å²) in [6, 6.07) is 0. The number of nitrogens with zero attached hydrogens (tertiary/aromatic N) is 1. The Bertz CT molecular complexity index is 180. The van der Waals surface area contributed by atoms with E-state index >= 15 is 0 Å². The second-order valence-corrected chi connectivity index (χ2v) is 2.73. The van der Waals surface area contributed by atoms with Crippen LogP contribution in [0.5, 0.6) is 0 Å². The quantitative estimate of drug-likeness (QED) is 0.210. The van der Waals surface area contributed by atoms with E-state index in [1.807, 2.05) is 13.8 Å². The van der Waals surface area contributed by atoms with Gasteiger partial charge in [0.05, 0.1) is 5.71 Å². The fraction of sp³-hybridized carbons (Fsp3) is 0.750. The van der Waals surface area contributed by atoms with Crippen molar-refractivity contribution in [1.82, 2.24) is 5.43 Å². The second kappa shape index (κ2) is 7.54. The molecule has 0 saturated carbocycles. The SMILES string of the molecule is CCCO/N=C(/C)CCC(=O)NN.